The van der Waals surface area contributed by atoms with Crippen LogP contribution >= 0.6 is 23.1 Å². The minimum absolute atomic E-state index is 0. The van der Waals surface area contributed by atoms with Gasteiger partial charge in [-0.25, -0.2) is 10.1 Å². The summed E-state index contributed by atoms with van der Waals surface area (Å²) in [5.74, 6) is 0.726. The van der Waals surface area contributed by atoms with Crippen molar-refractivity contribution in [3.05, 3.63) is 26.1 Å². The number of anilines is 1. The normalized spacial score (nSPS) is 21.1. The van der Waals surface area contributed by atoms with Gasteiger partial charge in [0.05, 0.1) is 10.7 Å². The number of fused-ring (bicyclic) bond motifs is 1. The van der Waals surface area contributed by atoms with E-state index >= 15 is 0 Å². The Hall–Kier alpha value is -1.94. The van der Waals surface area contributed by atoms with Crippen LogP contribution in [0.5, 0.6) is 0 Å². The summed E-state index contributed by atoms with van der Waals surface area (Å²) in [4.78, 5) is 37.3. The van der Waals surface area contributed by atoms with Crippen LogP contribution in [0.1, 0.15) is 60.8 Å². The smallest absolute Gasteiger partial charge is 0.254 e. The fourth-order valence-corrected chi connectivity index (χ4v) is 5.66. The molecule has 2 saturated carbocycles. The van der Waals surface area contributed by atoms with Crippen molar-refractivity contribution in [2.24, 2.45) is 22.9 Å². The molecule has 0 aromatic carbocycles. The molecule has 4 rings (SSSR count). The SMILES string of the molecule is CSC(CC1CCc2sc(NC(=O)C3CC3)c(C(=O)NCC3CC3)c2C1)=N[N+](=O)[O-].[HH]. The van der Waals surface area contributed by atoms with Gasteiger partial charge in [0.2, 0.25) is 5.91 Å². The lowest BCUT2D eigenvalue weighted by Crippen LogP contribution is -2.28. The number of nitro groups is 1. The van der Waals surface area contributed by atoms with E-state index in [1.54, 1.807) is 6.26 Å². The van der Waals surface area contributed by atoms with Gasteiger partial charge in [-0.2, -0.15) is 0 Å². The largest absolute Gasteiger partial charge is 0.352 e. The lowest BCUT2D eigenvalue weighted by molar-refractivity contribution is -0.484. The molecule has 30 heavy (non-hydrogen) atoms. The van der Waals surface area contributed by atoms with E-state index in [4.69, 9.17) is 0 Å². The second-order valence-electron chi connectivity index (χ2n) is 8.37. The van der Waals surface area contributed by atoms with Crippen LogP contribution in [0.4, 0.5) is 5.00 Å². The first-order valence-electron chi connectivity index (χ1n) is 10.4. The third kappa shape index (κ3) is 5.21. The maximum Gasteiger partial charge on any atom is 0.254 e. The standard InChI is InChI=1S/C20H26N4O4S2.H2/c1-29-16(23-24(27)28)9-12-4-7-15-14(8-12)17(19(26)21-10-11-2-3-11)20(30-15)22-18(25)13-5-6-13;/h11-13H,2-10H2,1H3,(H,21,26)(H,22,25);1H. The highest BCUT2D eigenvalue weighted by Crippen LogP contribution is 2.42. The van der Waals surface area contributed by atoms with E-state index in [1.807, 2.05) is 0 Å². The van der Waals surface area contributed by atoms with Crippen molar-refractivity contribution in [2.45, 2.75) is 51.4 Å². The summed E-state index contributed by atoms with van der Waals surface area (Å²) in [7, 11) is 0. The number of hydrazone groups is 1. The topological polar surface area (TPSA) is 114 Å². The fraction of sp³-hybridized carbons (Fsp3) is 0.650. The summed E-state index contributed by atoms with van der Waals surface area (Å²) in [6.45, 7) is 0.676. The Morgan fingerprint density at radius 2 is 2.03 bits per heavy atom. The molecule has 1 aromatic heterocycles. The van der Waals surface area contributed by atoms with Gasteiger partial charge in [-0.3, -0.25) is 9.59 Å². The van der Waals surface area contributed by atoms with Gasteiger partial charge in [-0.05, 0) is 68.6 Å². The Morgan fingerprint density at radius 3 is 2.67 bits per heavy atom. The first kappa shape index (κ1) is 21.3. The number of nitrogens with zero attached hydrogens (tertiary/aromatic N) is 2. The van der Waals surface area contributed by atoms with Gasteiger partial charge in [0.15, 0.2) is 5.03 Å². The van der Waals surface area contributed by atoms with Crippen LogP contribution in [-0.2, 0) is 17.6 Å². The predicted octanol–water partition coefficient (Wildman–Crippen LogP) is 3.93. The third-order valence-electron chi connectivity index (χ3n) is 5.92. The summed E-state index contributed by atoms with van der Waals surface area (Å²) in [5.41, 5.74) is 1.60. The highest BCUT2D eigenvalue weighted by molar-refractivity contribution is 8.13. The predicted molar refractivity (Wildman–Crippen MR) is 121 cm³/mol. The average molecular weight is 453 g/mol. The molecule has 8 nitrogen and oxygen atoms in total. The Labute approximate surface area is 184 Å². The van der Waals surface area contributed by atoms with Gasteiger partial charge in [0.1, 0.15) is 10.0 Å². The number of aryl methyl sites for hydroxylation is 1. The fourth-order valence-electron chi connectivity index (χ4n) is 3.87. The number of amides is 2. The molecule has 2 N–H and O–H groups in total. The lowest BCUT2D eigenvalue weighted by atomic mass is 9.84. The zero-order chi connectivity index (χ0) is 21.3. The van der Waals surface area contributed by atoms with Gasteiger partial charge >= 0.3 is 0 Å². The quantitative estimate of drug-likeness (QED) is 0.268. The Balaban J connectivity index is 0.00000272. The Bertz CT molecular complexity index is 896. The van der Waals surface area contributed by atoms with Crippen molar-refractivity contribution >= 4 is 45.0 Å². The molecule has 1 atom stereocenters. The molecule has 2 fully saturated rings. The van der Waals surface area contributed by atoms with Crippen molar-refractivity contribution in [2.75, 3.05) is 18.1 Å². The van der Waals surface area contributed by atoms with Gasteiger partial charge in [0, 0.05) is 25.2 Å². The molecular formula is C20H28N4O4S2. The summed E-state index contributed by atoms with van der Waals surface area (Å²) in [6, 6.07) is 0. The van der Waals surface area contributed by atoms with E-state index in [9.17, 15) is 19.7 Å². The maximum absolute atomic E-state index is 13.1. The molecule has 0 aliphatic heterocycles. The average Bonchev–Trinajstić information content (AvgIpc) is 3.61. The molecule has 10 heteroatoms. The minimum Gasteiger partial charge on any atom is -0.352 e. The number of thioether (sulfide) groups is 1. The summed E-state index contributed by atoms with van der Waals surface area (Å²) >= 11 is 2.81. The Morgan fingerprint density at radius 1 is 1.27 bits per heavy atom. The zero-order valence-electron chi connectivity index (χ0n) is 16.9. The minimum atomic E-state index is -0.646. The number of hydrogen-bond acceptors (Lipinski definition) is 6. The van der Waals surface area contributed by atoms with Gasteiger partial charge in [0.25, 0.3) is 5.91 Å². The zero-order valence-corrected chi connectivity index (χ0v) is 18.6. The highest BCUT2D eigenvalue weighted by Gasteiger charge is 2.34. The number of rotatable bonds is 8. The lowest BCUT2D eigenvalue weighted by Gasteiger charge is -2.22. The maximum atomic E-state index is 13.1. The van der Waals surface area contributed by atoms with E-state index in [2.05, 4.69) is 15.7 Å². The highest BCUT2D eigenvalue weighted by atomic mass is 32.2. The molecule has 1 aromatic rings. The molecule has 3 aliphatic rings. The molecule has 3 aliphatic carbocycles. The van der Waals surface area contributed by atoms with Crippen LogP contribution < -0.4 is 10.6 Å². The number of carbonyl (C=O) groups is 2. The molecule has 0 spiro atoms. The van der Waals surface area contributed by atoms with Crippen LogP contribution in [0.15, 0.2) is 5.10 Å². The van der Waals surface area contributed by atoms with Gasteiger partial charge in [-0.15, -0.1) is 23.1 Å². The van der Waals surface area contributed by atoms with Gasteiger partial charge in [-0.1, -0.05) is 0 Å². The third-order valence-corrected chi connectivity index (χ3v) is 7.84. The van der Waals surface area contributed by atoms with Crippen molar-refractivity contribution in [3.63, 3.8) is 0 Å². The first-order chi connectivity index (χ1) is 14.4. The van der Waals surface area contributed by atoms with Crippen molar-refractivity contribution in [1.82, 2.24) is 5.32 Å². The molecule has 0 bridgehead atoms. The monoisotopic (exact) mass is 452 g/mol. The number of hydrogen-bond donors (Lipinski definition) is 2. The molecule has 2 amide bonds. The second kappa shape index (κ2) is 9.05. The number of thiophene rings is 1. The molecule has 0 radical (unpaired) electrons. The Kier molecular flexibility index (Phi) is 6.43. The molecular weight excluding hydrogens is 424 g/mol. The van der Waals surface area contributed by atoms with Crippen molar-refractivity contribution < 1.29 is 16.0 Å². The van der Waals surface area contributed by atoms with Crippen molar-refractivity contribution in [3.8, 4) is 0 Å². The van der Waals surface area contributed by atoms with Crippen LogP contribution in [0.3, 0.4) is 0 Å². The van der Waals surface area contributed by atoms with Crippen LogP contribution in [0.25, 0.3) is 0 Å². The van der Waals surface area contributed by atoms with Crippen LogP contribution in [0, 0.1) is 27.9 Å². The van der Waals surface area contributed by atoms with Crippen molar-refractivity contribution in [1.29, 1.82) is 0 Å². The molecule has 0 saturated heterocycles. The van der Waals surface area contributed by atoms with E-state index in [1.165, 1.54) is 23.1 Å². The van der Waals surface area contributed by atoms with E-state index in [0.29, 0.717) is 40.9 Å². The number of carbonyl (C=O) groups excluding carboxylic acids is 2. The van der Waals surface area contributed by atoms with E-state index in [0.717, 1.165) is 49.0 Å². The van der Waals surface area contributed by atoms with E-state index in [-0.39, 0.29) is 25.1 Å². The van der Waals surface area contributed by atoms with Crippen LogP contribution in [0.2, 0.25) is 0 Å². The van der Waals surface area contributed by atoms with Crippen LogP contribution in [-0.4, -0.2) is 34.7 Å². The van der Waals surface area contributed by atoms with E-state index < -0.39 is 5.03 Å². The molecule has 1 unspecified atom stereocenters. The summed E-state index contributed by atoms with van der Waals surface area (Å²) in [5, 5.41) is 20.8. The molecule has 1 heterocycles. The first-order valence-corrected chi connectivity index (χ1v) is 12.5. The number of nitrogens with one attached hydrogen (secondary N) is 2. The summed E-state index contributed by atoms with van der Waals surface area (Å²) < 4.78 is 0. The molecule has 164 valence electrons. The second-order valence-corrected chi connectivity index (χ2v) is 10.4. The van der Waals surface area contributed by atoms with Gasteiger partial charge < -0.3 is 10.6 Å². The summed E-state index contributed by atoms with van der Waals surface area (Å²) in [6.07, 6.45) is 8.84.